The van der Waals surface area contributed by atoms with Gasteiger partial charge in [0.05, 0.1) is 27.8 Å². The SMILES string of the molecule is c1ccc(-c2ccc(-c3nc(-c4ccc(-c5ccccc5)cc4)nc(-n4c5ccccc5c5ccc6c7ccccc7n(-c7cccc8nc(-c9ccccc9)oc78)c6c54)n3)cc2)cc1. The van der Waals surface area contributed by atoms with E-state index >= 15 is 0 Å². The van der Waals surface area contributed by atoms with Crippen molar-refractivity contribution in [1.29, 1.82) is 0 Å². The van der Waals surface area contributed by atoms with Crippen LogP contribution in [0.15, 0.2) is 223 Å². The van der Waals surface area contributed by atoms with E-state index in [0.717, 1.165) is 93.8 Å². The van der Waals surface area contributed by atoms with Gasteiger partial charge < -0.3 is 8.98 Å². The average Bonchev–Trinajstić information content (AvgIpc) is 4.08. The van der Waals surface area contributed by atoms with E-state index < -0.39 is 0 Å². The Morgan fingerprint density at radius 1 is 0.308 bits per heavy atom. The van der Waals surface area contributed by atoms with E-state index in [9.17, 15) is 0 Å². The number of para-hydroxylation sites is 3. The molecule has 0 unspecified atom stereocenters. The summed E-state index contributed by atoms with van der Waals surface area (Å²) in [6.07, 6.45) is 0. The van der Waals surface area contributed by atoms with Crippen LogP contribution in [0.3, 0.4) is 0 Å². The second-order valence-electron chi connectivity index (χ2n) is 16.2. The van der Waals surface area contributed by atoms with E-state index in [-0.39, 0.29) is 0 Å². The summed E-state index contributed by atoms with van der Waals surface area (Å²) in [7, 11) is 0. The standard InChI is InChI=1S/C58H36N6O/c1-4-15-37(16-5-1)39-27-31-41(32-28-39)55-60-56(42-33-29-40(30-34-42)38-17-6-2-7-18-38)62-58(61-55)64-50-25-13-11-22-45(50)47-36-35-46-44-21-10-12-24-49(44)63(52(46)53(47)64)51-26-14-23-48-54(51)65-57(59-48)43-19-8-3-9-20-43/h1-36H. The van der Waals surface area contributed by atoms with Gasteiger partial charge in [0.2, 0.25) is 11.8 Å². The van der Waals surface area contributed by atoms with Crippen LogP contribution in [0.4, 0.5) is 0 Å². The first-order chi connectivity index (χ1) is 32.2. The van der Waals surface area contributed by atoms with Gasteiger partial charge in [0.1, 0.15) is 5.52 Å². The first-order valence-electron chi connectivity index (χ1n) is 21.7. The van der Waals surface area contributed by atoms with Crippen LogP contribution in [0.1, 0.15) is 0 Å². The van der Waals surface area contributed by atoms with Gasteiger partial charge in [-0.25, -0.2) is 9.97 Å². The molecule has 0 atom stereocenters. The summed E-state index contributed by atoms with van der Waals surface area (Å²) in [5, 5.41) is 4.39. The van der Waals surface area contributed by atoms with Crippen molar-refractivity contribution in [3.63, 3.8) is 0 Å². The topological polar surface area (TPSA) is 74.6 Å². The Morgan fingerprint density at radius 2 is 0.754 bits per heavy atom. The fourth-order valence-corrected chi connectivity index (χ4v) is 9.38. The highest BCUT2D eigenvalue weighted by Gasteiger charge is 2.25. The summed E-state index contributed by atoms with van der Waals surface area (Å²) in [5.41, 5.74) is 13.6. The van der Waals surface area contributed by atoms with Crippen molar-refractivity contribution in [1.82, 2.24) is 29.1 Å². The van der Waals surface area contributed by atoms with Crippen molar-refractivity contribution in [2.75, 3.05) is 0 Å². The predicted octanol–water partition coefficient (Wildman–Crippen LogP) is 14.5. The average molecular weight is 833 g/mol. The van der Waals surface area contributed by atoms with Crippen LogP contribution in [-0.4, -0.2) is 29.1 Å². The van der Waals surface area contributed by atoms with Crippen LogP contribution in [0, 0.1) is 0 Å². The number of rotatable bonds is 7. The zero-order valence-electron chi connectivity index (χ0n) is 34.9. The summed E-state index contributed by atoms with van der Waals surface area (Å²) in [5.74, 6) is 2.25. The Hall–Kier alpha value is -8.94. The van der Waals surface area contributed by atoms with Gasteiger partial charge in [-0.3, -0.25) is 4.57 Å². The number of aromatic nitrogens is 6. The molecule has 0 saturated carbocycles. The zero-order chi connectivity index (χ0) is 42.8. The highest BCUT2D eigenvalue weighted by Crippen LogP contribution is 2.43. The van der Waals surface area contributed by atoms with Gasteiger partial charge in [-0.2, -0.15) is 9.97 Å². The van der Waals surface area contributed by atoms with Gasteiger partial charge >= 0.3 is 0 Å². The van der Waals surface area contributed by atoms with Crippen molar-refractivity contribution < 1.29 is 4.42 Å². The maximum atomic E-state index is 6.72. The number of fused-ring (bicyclic) bond motifs is 8. The molecule has 304 valence electrons. The second-order valence-corrected chi connectivity index (χ2v) is 16.2. The van der Waals surface area contributed by atoms with Crippen molar-refractivity contribution in [3.8, 4) is 68.1 Å². The maximum absolute atomic E-state index is 6.72. The van der Waals surface area contributed by atoms with Gasteiger partial charge in [-0.1, -0.05) is 182 Å². The lowest BCUT2D eigenvalue weighted by molar-refractivity contribution is 0.618. The Labute approximate surface area is 373 Å². The highest BCUT2D eigenvalue weighted by molar-refractivity contribution is 6.24. The third kappa shape index (κ3) is 6.05. The minimum absolute atomic E-state index is 0.518. The number of hydrogen-bond donors (Lipinski definition) is 0. The molecular weight excluding hydrogens is 797 g/mol. The molecule has 4 aromatic heterocycles. The van der Waals surface area contributed by atoms with Crippen molar-refractivity contribution in [3.05, 3.63) is 218 Å². The van der Waals surface area contributed by atoms with Crippen LogP contribution < -0.4 is 0 Å². The fraction of sp³-hybridized carbons (Fsp3) is 0. The summed E-state index contributed by atoms with van der Waals surface area (Å²) in [4.78, 5) is 21.0. The van der Waals surface area contributed by atoms with Gasteiger partial charge in [0.15, 0.2) is 17.2 Å². The second kappa shape index (κ2) is 14.9. The zero-order valence-corrected chi connectivity index (χ0v) is 34.9. The molecule has 4 heterocycles. The minimum atomic E-state index is 0.518. The molecule has 7 nitrogen and oxygen atoms in total. The van der Waals surface area contributed by atoms with Gasteiger partial charge in [-0.05, 0) is 58.7 Å². The Kier molecular flexibility index (Phi) is 8.39. The first-order valence-corrected chi connectivity index (χ1v) is 21.7. The number of benzene rings is 9. The van der Waals surface area contributed by atoms with E-state index in [2.05, 4.69) is 179 Å². The molecule has 0 bridgehead atoms. The van der Waals surface area contributed by atoms with E-state index in [0.29, 0.717) is 29.1 Å². The number of nitrogens with zero attached hydrogens (tertiary/aromatic N) is 6. The molecule has 13 rings (SSSR count). The van der Waals surface area contributed by atoms with Gasteiger partial charge in [-0.15, -0.1) is 0 Å². The molecule has 7 heteroatoms. The molecule has 13 aromatic rings. The summed E-state index contributed by atoms with van der Waals surface area (Å²) < 4.78 is 11.3. The Bertz CT molecular complexity index is 3810. The lowest BCUT2D eigenvalue weighted by Gasteiger charge is -2.13. The maximum Gasteiger partial charge on any atom is 0.238 e. The third-order valence-corrected chi connectivity index (χ3v) is 12.4. The number of hydrogen-bond acceptors (Lipinski definition) is 5. The van der Waals surface area contributed by atoms with E-state index in [1.54, 1.807) is 0 Å². The molecule has 0 spiro atoms. The molecule has 0 fully saturated rings. The van der Waals surface area contributed by atoms with Crippen LogP contribution in [-0.2, 0) is 0 Å². The van der Waals surface area contributed by atoms with Crippen LogP contribution >= 0.6 is 0 Å². The lowest BCUT2D eigenvalue weighted by Crippen LogP contribution is -2.07. The monoisotopic (exact) mass is 832 g/mol. The largest absolute Gasteiger partial charge is 0.434 e. The molecular formula is C58H36N6O. The van der Waals surface area contributed by atoms with E-state index in [1.807, 2.05) is 48.5 Å². The smallest absolute Gasteiger partial charge is 0.238 e. The molecule has 0 N–H and O–H groups in total. The van der Waals surface area contributed by atoms with E-state index in [4.69, 9.17) is 24.4 Å². The molecule has 0 amide bonds. The first kappa shape index (κ1) is 36.7. The molecule has 0 saturated heterocycles. The minimum Gasteiger partial charge on any atom is -0.434 e. The highest BCUT2D eigenvalue weighted by atomic mass is 16.3. The molecule has 0 aliphatic heterocycles. The van der Waals surface area contributed by atoms with Crippen LogP contribution in [0.25, 0.3) is 123 Å². The quantitative estimate of drug-likeness (QED) is 0.160. The third-order valence-electron chi connectivity index (χ3n) is 12.4. The summed E-state index contributed by atoms with van der Waals surface area (Å²) >= 11 is 0. The van der Waals surface area contributed by atoms with Crippen molar-refractivity contribution in [2.24, 2.45) is 0 Å². The van der Waals surface area contributed by atoms with Crippen molar-refractivity contribution in [2.45, 2.75) is 0 Å². The molecule has 0 aliphatic rings. The predicted molar refractivity (Wildman–Crippen MR) is 263 cm³/mol. The van der Waals surface area contributed by atoms with Crippen LogP contribution in [0.5, 0.6) is 0 Å². The Balaban J connectivity index is 1.09. The molecule has 65 heavy (non-hydrogen) atoms. The Morgan fingerprint density at radius 3 is 1.31 bits per heavy atom. The van der Waals surface area contributed by atoms with E-state index in [1.165, 1.54) is 0 Å². The summed E-state index contributed by atoms with van der Waals surface area (Å²) in [6.45, 7) is 0. The molecule has 0 radical (unpaired) electrons. The molecule has 0 aliphatic carbocycles. The summed E-state index contributed by atoms with van der Waals surface area (Å²) in [6, 6.07) is 75.6. The van der Waals surface area contributed by atoms with Gasteiger partial charge in [0.25, 0.3) is 0 Å². The van der Waals surface area contributed by atoms with Crippen LogP contribution in [0.2, 0.25) is 0 Å². The van der Waals surface area contributed by atoms with Crippen molar-refractivity contribution >= 4 is 54.7 Å². The number of oxazole rings is 1. The fourth-order valence-electron chi connectivity index (χ4n) is 9.38. The normalized spacial score (nSPS) is 11.7. The van der Waals surface area contributed by atoms with Gasteiger partial charge in [0, 0.05) is 38.2 Å². The molecule has 9 aromatic carbocycles. The lowest BCUT2D eigenvalue weighted by atomic mass is 10.0.